The van der Waals surface area contributed by atoms with Crippen LogP contribution in [0.3, 0.4) is 0 Å². The van der Waals surface area contributed by atoms with Gasteiger partial charge in [-0.1, -0.05) is 141 Å². The normalized spacial score (nSPS) is 11.4. The molecule has 0 aliphatic heterocycles. The van der Waals surface area contributed by atoms with Crippen LogP contribution < -0.4 is 0 Å². The van der Waals surface area contributed by atoms with Crippen LogP contribution >= 0.6 is 31.9 Å². The van der Waals surface area contributed by atoms with Gasteiger partial charge in [-0.05, 0) is 125 Å². The molecule has 44 heavy (non-hydrogen) atoms. The van der Waals surface area contributed by atoms with E-state index in [0.29, 0.717) is 0 Å². The van der Waals surface area contributed by atoms with E-state index in [1.807, 2.05) is 0 Å². The Bertz CT molecular complexity index is 2140. The van der Waals surface area contributed by atoms with Crippen LogP contribution in [0.25, 0.3) is 76.8 Å². The van der Waals surface area contributed by atoms with Crippen molar-refractivity contribution in [3.8, 4) is 44.5 Å². The Morgan fingerprint density at radius 3 is 0.977 bits per heavy atom. The Labute approximate surface area is 273 Å². The van der Waals surface area contributed by atoms with Gasteiger partial charge in [0.05, 0.1) is 0 Å². The zero-order valence-electron chi connectivity index (χ0n) is 23.8. The first-order valence-electron chi connectivity index (χ1n) is 14.7. The highest BCUT2D eigenvalue weighted by Crippen LogP contribution is 2.43. The second-order valence-electron chi connectivity index (χ2n) is 11.2. The van der Waals surface area contributed by atoms with Crippen LogP contribution in [0.5, 0.6) is 0 Å². The monoisotopic (exact) mass is 688 g/mol. The largest absolute Gasteiger partial charge is 0.0622 e. The Morgan fingerprint density at radius 2 is 0.591 bits per heavy atom. The average Bonchev–Trinajstić information content (AvgIpc) is 3.09. The van der Waals surface area contributed by atoms with E-state index < -0.39 is 0 Å². The van der Waals surface area contributed by atoms with Crippen molar-refractivity contribution in [1.82, 2.24) is 0 Å². The van der Waals surface area contributed by atoms with Crippen molar-refractivity contribution in [2.45, 2.75) is 0 Å². The zero-order chi connectivity index (χ0) is 29.6. The Morgan fingerprint density at radius 1 is 0.250 bits per heavy atom. The van der Waals surface area contributed by atoms with Crippen LogP contribution in [0.15, 0.2) is 167 Å². The molecule has 0 saturated heterocycles. The molecule has 0 spiro atoms. The fourth-order valence-corrected chi connectivity index (χ4v) is 6.93. The molecule has 8 aromatic rings. The highest BCUT2D eigenvalue weighted by atomic mass is 79.9. The SMILES string of the molecule is Brc1ccc(-c2ccc3c(c2)c2cc(-c4ccc(Br)cc4)ccc2c2cc(-c4ccccc4)c(-c4ccccc4)cc32)cc1. The number of fused-ring (bicyclic) bond motifs is 6. The third kappa shape index (κ3) is 4.85. The first-order chi connectivity index (χ1) is 21.6. The van der Waals surface area contributed by atoms with E-state index in [1.165, 1.54) is 76.8 Å². The first-order valence-corrected chi connectivity index (χ1v) is 16.3. The van der Waals surface area contributed by atoms with E-state index in [9.17, 15) is 0 Å². The van der Waals surface area contributed by atoms with Crippen LogP contribution in [-0.2, 0) is 0 Å². The maximum absolute atomic E-state index is 3.60. The predicted octanol–water partition coefficient (Wildman–Crippen LogP) is 13.3. The van der Waals surface area contributed by atoms with Gasteiger partial charge in [0, 0.05) is 8.95 Å². The summed E-state index contributed by atoms with van der Waals surface area (Å²) in [4.78, 5) is 0. The van der Waals surface area contributed by atoms with Crippen LogP contribution in [0.1, 0.15) is 0 Å². The highest BCUT2D eigenvalue weighted by molar-refractivity contribution is 9.10. The number of hydrogen-bond donors (Lipinski definition) is 0. The molecule has 0 aliphatic carbocycles. The first kappa shape index (κ1) is 27.1. The molecule has 8 rings (SSSR count). The summed E-state index contributed by atoms with van der Waals surface area (Å²) in [6.07, 6.45) is 0. The zero-order valence-corrected chi connectivity index (χ0v) is 26.9. The molecule has 0 aliphatic rings. The molecule has 208 valence electrons. The third-order valence-electron chi connectivity index (χ3n) is 8.59. The quantitative estimate of drug-likeness (QED) is 0.161. The molecule has 0 radical (unpaired) electrons. The fraction of sp³-hybridized carbons (Fsp3) is 0. The lowest BCUT2D eigenvalue weighted by Gasteiger charge is -2.18. The van der Waals surface area contributed by atoms with Gasteiger partial charge < -0.3 is 0 Å². The van der Waals surface area contributed by atoms with E-state index >= 15 is 0 Å². The topological polar surface area (TPSA) is 0 Å². The van der Waals surface area contributed by atoms with Crippen LogP contribution in [0.4, 0.5) is 0 Å². The Kier molecular flexibility index (Phi) is 6.90. The summed E-state index contributed by atoms with van der Waals surface area (Å²) in [7, 11) is 0. The molecule has 0 nitrogen and oxygen atoms in total. The standard InChI is InChI=1S/C42H26Br2/c43-33-17-11-27(12-18-33)31-15-21-35-39(23-31)40-24-32(28-13-19-34(44)20-14-28)16-22-36(40)42-26-38(30-9-5-2-6-10-30)37(25-41(35)42)29-7-3-1-4-8-29/h1-26H. The second kappa shape index (κ2) is 11.2. The van der Waals surface area contributed by atoms with Crippen LogP contribution in [-0.4, -0.2) is 0 Å². The van der Waals surface area contributed by atoms with Crippen molar-refractivity contribution >= 4 is 64.2 Å². The van der Waals surface area contributed by atoms with Crippen molar-refractivity contribution < 1.29 is 0 Å². The Balaban J connectivity index is 1.49. The van der Waals surface area contributed by atoms with Gasteiger partial charge >= 0.3 is 0 Å². The van der Waals surface area contributed by atoms with Crippen molar-refractivity contribution in [2.75, 3.05) is 0 Å². The maximum Gasteiger partial charge on any atom is 0.0175 e. The lowest BCUT2D eigenvalue weighted by Crippen LogP contribution is -1.91. The van der Waals surface area contributed by atoms with Gasteiger partial charge in [0.1, 0.15) is 0 Å². The molecule has 0 aromatic heterocycles. The Hall–Kier alpha value is -4.50. The summed E-state index contributed by atoms with van der Waals surface area (Å²) < 4.78 is 2.17. The second-order valence-corrected chi connectivity index (χ2v) is 13.0. The van der Waals surface area contributed by atoms with Crippen LogP contribution in [0.2, 0.25) is 0 Å². The van der Waals surface area contributed by atoms with E-state index in [1.54, 1.807) is 0 Å². The van der Waals surface area contributed by atoms with Crippen molar-refractivity contribution in [3.63, 3.8) is 0 Å². The summed E-state index contributed by atoms with van der Waals surface area (Å²) in [6, 6.07) is 57.5. The predicted molar refractivity (Wildman–Crippen MR) is 196 cm³/mol. The smallest absolute Gasteiger partial charge is 0.0175 e. The summed E-state index contributed by atoms with van der Waals surface area (Å²) >= 11 is 7.20. The van der Waals surface area contributed by atoms with Crippen molar-refractivity contribution in [3.05, 3.63) is 167 Å². The molecule has 0 heterocycles. The minimum atomic E-state index is 1.08. The molecular formula is C42H26Br2. The minimum Gasteiger partial charge on any atom is -0.0622 e. The molecule has 0 atom stereocenters. The minimum absolute atomic E-state index is 1.08. The van der Waals surface area contributed by atoms with Gasteiger partial charge in [-0.2, -0.15) is 0 Å². The van der Waals surface area contributed by atoms with Crippen LogP contribution in [0, 0.1) is 0 Å². The summed E-state index contributed by atoms with van der Waals surface area (Å²) in [5.41, 5.74) is 9.76. The van der Waals surface area contributed by atoms with E-state index in [0.717, 1.165) is 8.95 Å². The summed E-state index contributed by atoms with van der Waals surface area (Å²) in [5, 5.41) is 7.59. The molecule has 2 heteroatoms. The molecule has 0 unspecified atom stereocenters. The number of halogens is 2. The summed E-state index contributed by atoms with van der Waals surface area (Å²) in [6.45, 7) is 0. The van der Waals surface area contributed by atoms with Gasteiger partial charge in [-0.3, -0.25) is 0 Å². The van der Waals surface area contributed by atoms with Gasteiger partial charge in [-0.25, -0.2) is 0 Å². The molecule has 0 saturated carbocycles. The summed E-state index contributed by atoms with van der Waals surface area (Å²) in [5.74, 6) is 0. The molecule has 8 aromatic carbocycles. The van der Waals surface area contributed by atoms with E-state index in [4.69, 9.17) is 0 Å². The van der Waals surface area contributed by atoms with Gasteiger partial charge in [0.25, 0.3) is 0 Å². The fourth-order valence-electron chi connectivity index (χ4n) is 6.41. The third-order valence-corrected chi connectivity index (χ3v) is 9.65. The molecular weight excluding hydrogens is 664 g/mol. The van der Waals surface area contributed by atoms with Gasteiger partial charge in [0.15, 0.2) is 0 Å². The van der Waals surface area contributed by atoms with Crippen molar-refractivity contribution in [2.24, 2.45) is 0 Å². The van der Waals surface area contributed by atoms with E-state index in [2.05, 4.69) is 190 Å². The van der Waals surface area contributed by atoms with Gasteiger partial charge in [-0.15, -0.1) is 0 Å². The van der Waals surface area contributed by atoms with E-state index in [-0.39, 0.29) is 0 Å². The lowest BCUT2D eigenvalue weighted by molar-refractivity contribution is 1.60. The lowest BCUT2D eigenvalue weighted by atomic mass is 9.86. The molecule has 0 amide bonds. The molecule has 0 bridgehead atoms. The molecule has 0 fully saturated rings. The number of rotatable bonds is 4. The maximum atomic E-state index is 3.60. The molecule has 0 N–H and O–H groups in total. The number of hydrogen-bond acceptors (Lipinski definition) is 0. The average molecular weight is 690 g/mol. The number of benzene rings is 8. The van der Waals surface area contributed by atoms with Gasteiger partial charge in [0.2, 0.25) is 0 Å². The van der Waals surface area contributed by atoms with Crippen molar-refractivity contribution in [1.29, 1.82) is 0 Å². The highest BCUT2D eigenvalue weighted by Gasteiger charge is 2.16.